The lowest BCUT2D eigenvalue weighted by atomic mass is 9.77. The molecule has 0 amide bonds. The van der Waals surface area contributed by atoms with E-state index in [4.69, 9.17) is 10.1 Å². The average molecular weight is 549 g/mol. The fraction of sp³-hybridized carbons (Fsp3) is 0.100. The number of fused-ring (bicyclic) bond motifs is 1. The fourth-order valence-corrected chi connectivity index (χ4v) is 5.58. The molecule has 3 heterocycles. The summed E-state index contributed by atoms with van der Waals surface area (Å²) in [5.41, 5.74) is 6.81. The van der Waals surface area contributed by atoms with Crippen LogP contribution in [0.25, 0.3) is 22.3 Å². The number of halogens is 1. The van der Waals surface area contributed by atoms with Crippen molar-refractivity contribution < 1.29 is 0 Å². The smallest absolute Gasteiger partial charge is 0.138 e. The maximum atomic E-state index is 5.34. The molecule has 3 aromatic carbocycles. The number of rotatable bonds is 6. The van der Waals surface area contributed by atoms with Crippen molar-refractivity contribution in [2.24, 2.45) is 7.05 Å². The first-order chi connectivity index (χ1) is 18.1. The van der Waals surface area contributed by atoms with E-state index in [0.717, 1.165) is 49.3 Å². The van der Waals surface area contributed by atoms with E-state index in [0.29, 0.717) is 0 Å². The predicted octanol–water partition coefficient (Wildman–Crippen LogP) is 6.48. The quantitative estimate of drug-likeness (QED) is 0.191. The summed E-state index contributed by atoms with van der Waals surface area (Å²) in [6.45, 7) is 0. The number of aryl methyl sites for hydroxylation is 1. The molecule has 0 aliphatic heterocycles. The van der Waals surface area contributed by atoms with E-state index in [1.807, 2.05) is 44.7 Å². The zero-order chi connectivity index (χ0) is 25.4. The maximum Gasteiger partial charge on any atom is 0.138 e. The highest BCUT2D eigenvalue weighted by molar-refractivity contribution is 9.10. The summed E-state index contributed by atoms with van der Waals surface area (Å²) in [7, 11) is 3.81. The maximum absolute atomic E-state index is 5.34. The highest BCUT2D eigenvalue weighted by atomic mass is 79.9. The Balaban J connectivity index is 1.82. The molecular weight excluding hydrogens is 524 g/mol. The van der Waals surface area contributed by atoms with Crippen LogP contribution in [0.4, 0.5) is 5.69 Å². The second-order valence-corrected chi connectivity index (χ2v) is 9.67. The van der Waals surface area contributed by atoms with Crippen LogP contribution in [0.5, 0.6) is 0 Å². The molecule has 0 fully saturated rings. The number of aromatic nitrogens is 5. The number of nitrogens with one attached hydrogen (secondary N) is 1. The topological polar surface area (TPSA) is 60.6 Å². The van der Waals surface area contributed by atoms with Crippen molar-refractivity contribution >= 4 is 32.7 Å². The number of hydrogen-bond acceptors (Lipinski definition) is 4. The number of benzene rings is 3. The Morgan fingerprint density at radius 3 is 1.81 bits per heavy atom. The van der Waals surface area contributed by atoms with Gasteiger partial charge in [0.05, 0.1) is 17.4 Å². The van der Waals surface area contributed by atoms with Crippen LogP contribution in [0.3, 0.4) is 0 Å². The molecule has 6 aromatic rings. The molecule has 182 valence electrons. The van der Waals surface area contributed by atoms with Crippen LogP contribution in [-0.4, -0.2) is 31.6 Å². The van der Waals surface area contributed by atoms with E-state index in [9.17, 15) is 0 Å². The summed E-state index contributed by atoms with van der Waals surface area (Å²) < 4.78 is 4.65. The standard InChI is InChI=1S/C30H25BrN6/c1-32-25-18-26-28(34-29(25)31)27(21-19-33-36(2)20-21)35-37(26)30(22-12-6-3-7-13-22,23-14-8-4-9-15-23)24-16-10-5-11-17-24/h3-20,32H,1-2H3. The Hall–Kier alpha value is -4.23. The summed E-state index contributed by atoms with van der Waals surface area (Å²) in [5.74, 6) is 0. The molecule has 0 saturated carbocycles. The third-order valence-corrected chi connectivity index (χ3v) is 7.35. The molecule has 6 rings (SSSR count). The molecule has 3 aromatic heterocycles. The third-order valence-electron chi connectivity index (χ3n) is 6.75. The van der Waals surface area contributed by atoms with Gasteiger partial charge in [0.25, 0.3) is 0 Å². The molecule has 0 radical (unpaired) electrons. The van der Waals surface area contributed by atoms with Crippen LogP contribution in [0.2, 0.25) is 0 Å². The molecule has 6 nitrogen and oxygen atoms in total. The van der Waals surface area contributed by atoms with Crippen LogP contribution in [0.15, 0.2) is 114 Å². The number of nitrogens with zero attached hydrogens (tertiary/aromatic N) is 5. The predicted molar refractivity (Wildman–Crippen MR) is 152 cm³/mol. The van der Waals surface area contributed by atoms with Gasteiger partial charge < -0.3 is 5.32 Å². The molecular formula is C30H25BrN6. The first-order valence-corrected chi connectivity index (χ1v) is 12.9. The molecule has 1 N–H and O–H groups in total. The summed E-state index contributed by atoms with van der Waals surface area (Å²) in [6, 6.07) is 33.8. The molecule has 0 bridgehead atoms. The van der Waals surface area contributed by atoms with Gasteiger partial charge in [-0.25, -0.2) is 9.67 Å². The summed E-state index contributed by atoms with van der Waals surface area (Å²) in [5, 5.41) is 13.0. The van der Waals surface area contributed by atoms with Gasteiger partial charge >= 0.3 is 0 Å². The second-order valence-electron chi connectivity index (χ2n) is 8.92. The molecule has 0 spiro atoms. The van der Waals surface area contributed by atoms with Crippen LogP contribution in [-0.2, 0) is 12.6 Å². The largest absolute Gasteiger partial charge is 0.386 e. The highest BCUT2D eigenvalue weighted by Gasteiger charge is 2.41. The number of hydrogen-bond donors (Lipinski definition) is 1. The first kappa shape index (κ1) is 23.2. The Morgan fingerprint density at radius 1 is 0.811 bits per heavy atom. The van der Waals surface area contributed by atoms with E-state index in [1.54, 1.807) is 4.68 Å². The van der Waals surface area contributed by atoms with Crippen molar-refractivity contribution in [3.8, 4) is 11.3 Å². The van der Waals surface area contributed by atoms with E-state index in [-0.39, 0.29) is 0 Å². The van der Waals surface area contributed by atoms with Gasteiger partial charge in [-0.1, -0.05) is 91.0 Å². The van der Waals surface area contributed by atoms with Crippen molar-refractivity contribution in [2.45, 2.75) is 5.54 Å². The van der Waals surface area contributed by atoms with E-state index >= 15 is 0 Å². The van der Waals surface area contributed by atoms with Crippen LogP contribution >= 0.6 is 15.9 Å². The minimum absolute atomic E-state index is 0.733. The number of pyridine rings is 1. The van der Waals surface area contributed by atoms with Crippen molar-refractivity contribution in [3.05, 3.63) is 131 Å². The fourth-order valence-electron chi connectivity index (χ4n) is 5.09. The molecule has 37 heavy (non-hydrogen) atoms. The molecule has 0 saturated heterocycles. The molecule has 7 heteroatoms. The van der Waals surface area contributed by atoms with Crippen molar-refractivity contribution in [1.82, 2.24) is 24.5 Å². The van der Waals surface area contributed by atoms with Crippen molar-refractivity contribution in [1.29, 1.82) is 0 Å². The molecule has 0 unspecified atom stereocenters. The second kappa shape index (κ2) is 9.33. The minimum Gasteiger partial charge on any atom is -0.386 e. The summed E-state index contributed by atoms with van der Waals surface area (Å²) >= 11 is 3.65. The first-order valence-electron chi connectivity index (χ1n) is 12.1. The van der Waals surface area contributed by atoms with E-state index in [2.05, 4.69) is 110 Å². The molecule has 0 aliphatic rings. The zero-order valence-corrected chi connectivity index (χ0v) is 22.1. The van der Waals surface area contributed by atoms with E-state index in [1.165, 1.54) is 0 Å². The lowest BCUT2D eigenvalue weighted by molar-refractivity contribution is 0.477. The normalized spacial score (nSPS) is 11.6. The van der Waals surface area contributed by atoms with Gasteiger partial charge in [0.1, 0.15) is 21.4 Å². The van der Waals surface area contributed by atoms with Gasteiger partial charge in [-0.3, -0.25) is 4.68 Å². The Labute approximate surface area is 223 Å². The van der Waals surface area contributed by atoms with Gasteiger partial charge in [0, 0.05) is 25.9 Å². The number of anilines is 1. The van der Waals surface area contributed by atoms with Crippen molar-refractivity contribution in [3.63, 3.8) is 0 Å². The van der Waals surface area contributed by atoms with E-state index < -0.39 is 5.54 Å². The Morgan fingerprint density at radius 2 is 1.35 bits per heavy atom. The minimum atomic E-state index is -0.761. The van der Waals surface area contributed by atoms with Gasteiger partial charge in [-0.15, -0.1) is 0 Å². The summed E-state index contributed by atoms with van der Waals surface area (Å²) in [4.78, 5) is 4.98. The summed E-state index contributed by atoms with van der Waals surface area (Å²) in [6.07, 6.45) is 3.81. The van der Waals surface area contributed by atoms with Gasteiger partial charge in [-0.05, 0) is 38.7 Å². The SMILES string of the molecule is CNc1cc2c(nc1Br)c(-c1cnn(C)c1)nn2C(c1ccccc1)(c1ccccc1)c1ccccc1. The van der Waals surface area contributed by atoms with Crippen LogP contribution in [0, 0.1) is 0 Å². The van der Waals surface area contributed by atoms with Crippen LogP contribution < -0.4 is 5.32 Å². The lowest BCUT2D eigenvalue weighted by Gasteiger charge is -2.37. The lowest BCUT2D eigenvalue weighted by Crippen LogP contribution is -2.38. The third kappa shape index (κ3) is 3.74. The Kier molecular flexibility index (Phi) is 5.85. The monoisotopic (exact) mass is 548 g/mol. The van der Waals surface area contributed by atoms with Gasteiger partial charge in [-0.2, -0.15) is 10.2 Å². The highest BCUT2D eigenvalue weighted by Crippen LogP contribution is 2.44. The van der Waals surface area contributed by atoms with Crippen molar-refractivity contribution in [2.75, 3.05) is 12.4 Å². The molecule has 0 aliphatic carbocycles. The Bertz CT molecular complexity index is 1580. The zero-order valence-electron chi connectivity index (χ0n) is 20.5. The molecule has 0 atom stereocenters. The van der Waals surface area contributed by atoms with Gasteiger partial charge in [0.15, 0.2) is 0 Å². The van der Waals surface area contributed by atoms with Crippen LogP contribution in [0.1, 0.15) is 16.7 Å². The average Bonchev–Trinajstić information content (AvgIpc) is 3.54. The van der Waals surface area contributed by atoms with Gasteiger partial charge in [0.2, 0.25) is 0 Å².